The number of aromatic amines is 1. The lowest BCUT2D eigenvalue weighted by Gasteiger charge is -2.09. The van der Waals surface area contributed by atoms with E-state index in [0.717, 1.165) is 6.92 Å². The van der Waals surface area contributed by atoms with Gasteiger partial charge in [-0.3, -0.25) is 19.9 Å². The number of nitrogens with zero attached hydrogens (tertiary/aromatic N) is 1. The van der Waals surface area contributed by atoms with E-state index >= 15 is 0 Å². The molecule has 1 heterocycles. The standard InChI is InChI=1S/C7H5F3N2O4/c1-3-2-4(12(14)15)5(13)11-6(3)16-7(8,9)10/h2H,1H3,(H,11,13). The van der Waals surface area contributed by atoms with Gasteiger partial charge in [0.2, 0.25) is 5.88 Å². The molecule has 0 saturated carbocycles. The number of aromatic nitrogens is 1. The number of nitro groups is 1. The van der Waals surface area contributed by atoms with Crippen molar-refractivity contribution in [1.29, 1.82) is 0 Å². The van der Waals surface area contributed by atoms with Gasteiger partial charge in [-0.15, -0.1) is 13.2 Å². The van der Waals surface area contributed by atoms with Crippen LogP contribution in [0.1, 0.15) is 5.56 Å². The Kier molecular flexibility index (Phi) is 2.88. The second kappa shape index (κ2) is 3.83. The van der Waals surface area contributed by atoms with Crippen LogP contribution in [0.25, 0.3) is 0 Å². The number of aryl methyl sites for hydroxylation is 1. The first-order valence-corrected chi connectivity index (χ1v) is 3.85. The van der Waals surface area contributed by atoms with Gasteiger partial charge < -0.3 is 4.74 Å². The van der Waals surface area contributed by atoms with Gasteiger partial charge in [0, 0.05) is 11.6 Å². The molecule has 1 N–H and O–H groups in total. The summed E-state index contributed by atoms with van der Waals surface area (Å²) in [5.41, 5.74) is -2.29. The SMILES string of the molecule is Cc1cc([N+](=O)[O-])c(=O)[nH]c1OC(F)(F)F. The van der Waals surface area contributed by atoms with Crippen molar-refractivity contribution in [3.63, 3.8) is 0 Å². The monoisotopic (exact) mass is 238 g/mol. The zero-order valence-electron chi connectivity index (χ0n) is 7.79. The van der Waals surface area contributed by atoms with Gasteiger partial charge in [0.15, 0.2) is 0 Å². The number of hydrogen-bond donors (Lipinski definition) is 1. The summed E-state index contributed by atoms with van der Waals surface area (Å²) >= 11 is 0. The van der Waals surface area contributed by atoms with E-state index in [1.54, 1.807) is 4.98 Å². The molecule has 0 amide bonds. The third-order valence-electron chi connectivity index (χ3n) is 1.59. The Morgan fingerprint density at radius 2 is 2.06 bits per heavy atom. The van der Waals surface area contributed by atoms with E-state index < -0.39 is 28.4 Å². The van der Waals surface area contributed by atoms with E-state index in [-0.39, 0.29) is 5.56 Å². The van der Waals surface area contributed by atoms with Crippen LogP contribution < -0.4 is 10.3 Å². The molecular formula is C7H5F3N2O4. The molecular weight excluding hydrogens is 233 g/mol. The van der Waals surface area contributed by atoms with Crippen molar-refractivity contribution in [2.75, 3.05) is 0 Å². The van der Waals surface area contributed by atoms with Gasteiger partial charge in [-0.25, -0.2) is 0 Å². The van der Waals surface area contributed by atoms with E-state index in [4.69, 9.17) is 0 Å². The van der Waals surface area contributed by atoms with Crippen LogP contribution in [0.4, 0.5) is 18.9 Å². The molecule has 1 rings (SSSR count). The quantitative estimate of drug-likeness (QED) is 0.624. The highest BCUT2D eigenvalue weighted by atomic mass is 19.4. The minimum atomic E-state index is -4.97. The van der Waals surface area contributed by atoms with Crippen molar-refractivity contribution in [3.8, 4) is 5.88 Å². The fourth-order valence-electron chi connectivity index (χ4n) is 0.959. The average molecular weight is 238 g/mol. The van der Waals surface area contributed by atoms with E-state index in [9.17, 15) is 28.1 Å². The highest BCUT2D eigenvalue weighted by Crippen LogP contribution is 2.24. The molecule has 1 aromatic heterocycles. The number of pyridine rings is 1. The second-order valence-corrected chi connectivity index (χ2v) is 2.80. The van der Waals surface area contributed by atoms with Crippen LogP contribution in [0, 0.1) is 17.0 Å². The number of rotatable bonds is 2. The largest absolute Gasteiger partial charge is 0.574 e. The van der Waals surface area contributed by atoms with Crippen molar-refractivity contribution in [1.82, 2.24) is 4.98 Å². The van der Waals surface area contributed by atoms with Gasteiger partial charge in [-0.05, 0) is 6.92 Å². The van der Waals surface area contributed by atoms with E-state index in [1.165, 1.54) is 0 Å². The minimum Gasteiger partial charge on any atom is -0.390 e. The van der Waals surface area contributed by atoms with Crippen molar-refractivity contribution in [2.24, 2.45) is 0 Å². The molecule has 0 aliphatic heterocycles. The average Bonchev–Trinajstić information content (AvgIpc) is 2.07. The van der Waals surface area contributed by atoms with Crippen molar-refractivity contribution in [2.45, 2.75) is 13.3 Å². The first-order valence-electron chi connectivity index (χ1n) is 3.85. The Morgan fingerprint density at radius 1 is 1.50 bits per heavy atom. The number of H-pyrrole nitrogens is 1. The fourth-order valence-corrected chi connectivity index (χ4v) is 0.959. The summed E-state index contributed by atoms with van der Waals surface area (Å²) in [7, 11) is 0. The van der Waals surface area contributed by atoms with Gasteiger partial charge in [-0.1, -0.05) is 0 Å². The highest BCUT2D eigenvalue weighted by Gasteiger charge is 2.33. The number of halogens is 3. The van der Waals surface area contributed by atoms with Crippen molar-refractivity contribution in [3.05, 3.63) is 32.1 Å². The lowest BCUT2D eigenvalue weighted by Crippen LogP contribution is -2.22. The maximum Gasteiger partial charge on any atom is 0.574 e. The third kappa shape index (κ3) is 2.72. The van der Waals surface area contributed by atoms with Gasteiger partial charge in [0.25, 0.3) is 0 Å². The molecule has 1 aromatic rings. The molecule has 0 atom stereocenters. The third-order valence-corrected chi connectivity index (χ3v) is 1.59. The zero-order chi connectivity index (χ0) is 12.5. The lowest BCUT2D eigenvalue weighted by molar-refractivity contribution is -0.386. The normalized spacial score (nSPS) is 11.2. The van der Waals surface area contributed by atoms with Gasteiger partial charge in [-0.2, -0.15) is 0 Å². The van der Waals surface area contributed by atoms with Gasteiger partial charge in [0.05, 0.1) is 4.92 Å². The van der Waals surface area contributed by atoms with Gasteiger partial charge in [0.1, 0.15) is 0 Å². The molecule has 0 saturated heterocycles. The van der Waals surface area contributed by atoms with E-state index in [0.29, 0.717) is 6.07 Å². The van der Waals surface area contributed by atoms with Crippen LogP contribution in [0.5, 0.6) is 5.88 Å². The second-order valence-electron chi connectivity index (χ2n) is 2.80. The minimum absolute atomic E-state index is 0.191. The molecule has 9 heteroatoms. The van der Waals surface area contributed by atoms with E-state index in [1.807, 2.05) is 0 Å². The predicted octanol–water partition coefficient (Wildman–Crippen LogP) is 1.49. The number of hydrogen-bond acceptors (Lipinski definition) is 4. The molecule has 88 valence electrons. The van der Waals surface area contributed by atoms with Crippen LogP contribution in [-0.2, 0) is 0 Å². The maximum atomic E-state index is 11.8. The summed E-state index contributed by atoms with van der Waals surface area (Å²) in [5, 5.41) is 10.3. The Bertz CT molecular complexity index is 480. The number of nitrogens with one attached hydrogen (secondary N) is 1. The topological polar surface area (TPSA) is 85.2 Å². The van der Waals surface area contributed by atoms with Crippen molar-refractivity contribution < 1.29 is 22.8 Å². The Hall–Kier alpha value is -2.06. The van der Waals surface area contributed by atoms with Crippen LogP contribution >= 0.6 is 0 Å². The Morgan fingerprint density at radius 3 is 2.50 bits per heavy atom. The van der Waals surface area contributed by atoms with Crippen LogP contribution in [0.2, 0.25) is 0 Å². The number of ether oxygens (including phenoxy) is 1. The molecule has 0 fully saturated rings. The summed E-state index contributed by atoms with van der Waals surface area (Å²) < 4.78 is 39.0. The van der Waals surface area contributed by atoms with Crippen LogP contribution in [-0.4, -0.2) is 16.3 Å². The summed E-state index contributed by atoms with van der Waals surface area (Å²) in [6, 6.07) is 0.708. The van der Waals surface area contributed by atoms with Gasteiger partial charge >= 0.3 is 17.6 Å². The molecule has 0 radical (unpaired) electrons. The first kappa shape index (κ1) is 12.0. The maximum absolute atomic E-state index is 11.8. The van der Waals surface area contributed by atoms with Crippen molar-refractivity contribution >= 4 is 5.69 Å². The zero-order valence-corrected chi connectivity index (χ0v) is 7.79. The molecule has 0 spiro atoms. The number of alkyl halides is 3. The molecule has 0 bridgehead atoms. The Labute approximate surface area is 85.8 Å². The molecule has 0 aromatic carbocycles. The molecule has 16 heavy (non-hydrogen) atoms. The highest BCUT2D eigenvalue weighted by molar-refractivity contribution is 5.36. The molecule has 0 aliphatic carbocycles. The summed E-state index contributed by atoms with van der Waals surface area (Å²) in [6.07, 6.45) is -4.97. The molecule has 6 nitrogen and oxygen atoms in total. The van der Waals surface area contributed by atoms with Crippen LogP contribution in [0.15, 0.2) is 10.9 Å². The smallest absolute Gasteiger partial charge is 0.390 e. The van der Waals surface area contributed by atoms with Crippen LogP contribution in [0.3, 0.4) is 0 Å². The Balaban J connectivity index is 3.21. The summed E-state index contributed by atoms with van der Waals surface area (Å²) in [4.78, 5) is 21.9. The first-order chi connectivity index (χ1) is 7.20. The predicted molar refractivity (Wildman–Crippen MR) is 45.1 cm³/mol. The molecule has 0 unspecified atom stereocenters. The lowest BCUT2D eigenvalue weighted by atomic mass is 10.3. The summed E-state index contributed by atoms with van der Waals surface area (Å²) in [6.45, 7) is 1.14. The fraction of sp³-hybridized carbons (Fsp3) is 0.286. The van der Waals surface area contributed by atoms with E-state index in [2.05, 4.69) is 4.74 Å². The summed E-state index contributed by atoms with van der Waals surface area (Å²) in [5.74, 6) is -0.858. The molecule has 0 aliphatic rings.